The Hall–Kier alpha value is -3.50. The van der Waals surface area contributed by atoms with Gasteiger partial charge in [-0.25, -0.2) is 17.5 Å². The fourth-order valence-corrected chi connectivity index (χ4v) is 4.23. The van der Waals surface area contributed by atoms with Crippen LogP contribution in [0.15, 0.2) is 82.3 Å². The molecule has 0 aliphatic carbocycles. The van der Waals surface area contributed by atoms with E-state index < -0.39 is 40.2 Å². The molecule has 0 aliphatic rings. The molecule has 33 heavy (non-hydrogen) atoms. The van der Waals surface area contributed by atoms with Gasteiger partial charge in [0.1, 0.15) is 17.6 Å². The van der Waals surface area contributed by atoms with E-state index >= 15 is 0 Å². The van der Waals surface area contributed by atoms with Crippen LogP contribution in [0.4, 0.5) is 10.1 Å². The highest BCUT2D eigenvalue weighted by Gasteiger charge is 2.32. The third-order valence-electron chi connectivity index (χ3n) is 4.87. The lowest BCUT2D eigenvalue weighted by Gasteiger charge is -2.30. The van der Waals surface area contributed by atoms with E-state index in [1.165, 1.54) is 36.6 Å². The van der Waals surface area contributed by atoms with Gasteiger partial charge in [0.2, 0.25) is 21.8 Å². The zero-order valence-corrected chi connectivity index (χ0v) is 18.7. The fourth-order valence-electron chi connectivity index (χ4n) is 3.24. The number of nitrogens with zero attached hydrogens (tertiary/aromatic N) is 1. The van der Waals surface area contributed by atoms with Crippen molar-refractivity contribution >= 4 is 27.5 Å². The number of para-hydroxylation sites is 1. The van der Waals surface area contributed by atoms with Crippen molar-refractivity contribution in [1.82, 2.24) is 10.0 Å². The van der Waals surface area contributed by atoms with E-state index in [-0.39, 0.29) is 23.5 Å². The molecule has 174 valence electrons. The molecule has 3 rings (SSSR count). The summed E-state index contributed by atoms with van der Waals surface area (Å²) >= 11 is 0. The highest BCUT2D eigenvalue weighted by molar-refractivity contribution is 7.89. The average molecular weight is 474 g/mol. The first-order valence-electron chi connectivity index (χ1n) is 10.2. The highest BCUT2D eigenvalue weighted by Crippen LogP contribution is 2.23. The first-order valence-corrected chi connectivity index (χ1v) is 11.7. The number of benzene rings is 2. The number of hydrogen-bond donors (Lipinski definition) is 2. The Bertz CT molecular complexity index is 1180. The lowest BCUT2D eigenvalue weighted by atomic mass is 10.1. The van der Waals surface area contributed by atoms with E-state index in [1.54, 1.807) is 37.3 Å². The van der Waals surface area contributed by atoms with Gasteiger partial charge in [0, 0.05) is 0 Å². The molecule has 2 N–H and O–H groups in total. The molecule has 0 spiro atoms. The Balaban J connectivity index is 1.83. The molecule has 0 saturated carbocycles. The van der Waals surface area contributed by atoms with Crippen molar-refractivity contribution in [2.24, 2.45) is 0 Å². The maximum Gasteiger partial charge on any atom is 0.243 e. The van der Waals surface area contributed by atoms with Gasteiger partial charge in [-0.1, -0.05) is 37.3 Å². The van der Waals surface area contributed by atoms with Gasteiger partial charge in [0.05, 0.1) is 29.9 Å². The highest BCUT2D eigenvalue weighted by atomic mass is 32.2. The van der Waals surface area contributed by atoms with E-state index in [4.69, 9.17) is 4.42 Å². The normalized spacial score (nSPS) is 12.2. The van der Waals surface area contributed by atoms with Crippen molar-refractivity contribution in [2.75, 3.05) is 11.4 Å². The molecule has 1 aromatic heterocycles. The number of rotatable bonds is 10. The number of nitrogens with one attached hydrogen (secondary N) is 2. The molecular weight excluding hydrogens is 449 g/mol. The number of sulfonamides is 1. The lowest BCUT2D eigenvalue weighted by Crippen LogP contribution is -2.52. The second-order valence-corrected chi connectivity index (χ2v) is 8.84. The second-order valence-electron chi connectivity index (χ2n) is 7.07. The van der Waals surface area contributed by atoms with Crippen LogP contribution in [0, 0.1) is 5.82 Å². The summed E-state index contributed by atoms with van der Waals surface area (Å²) in [5.74, 6) is -1.51. The van der Waals surface area contributed by atoms with Crippen LogP contribution < -0.4 is 14.9 Å². The van der Waals surface area contributed by atoms with Gasteiger partial charge >= 0.3 is 0 Å². The van der Waals surface area contributed by atoms with Gasteiger partial charge in [-0.3, -0.25) is 14.5 Å². The van der Waals surface area contributed by atoms with Crippen LogP contribution in [0.25, 0.3) is 0 Å². The second kappa shape index (κ2) is 10.9. The average Bonchev–Trinajstić information content (AvgIpc) is 3.34. The van der Waals surface area contributed by atoms with Gasteiger partial charge in [-0.2, -0.15) is 0 Å². The summed E-state index contributed by atoms with van der Waals surface area (Å²) in [6, 6.07) is 15.3. The van der Waals surface area contributed by atoms with Crippen molar-refractivity contribution in [1.29, 1.82) is 0 Å². The molecule has 1 atom stereocenters. The lowest BCUT2D eigenvalue weighted by molar-refractivity contribution is -0.126. The monoisotopic (exact) mass is 473 g/mol. The Morgan fingerprint density at radius 3 is 2.36 bits per heavy atom. The van der Waals surface area contributed by atoms with Gasteiger partial charge in [0.15, 0.2) is 0 Å². The minimum Gasteiger partial charge on any atom is -0.467 e. The summed E-state index contributed by atoms with van der Waals surface area (Å²) in [5, 5.41) is 2.67. The third-order valence-corrected chi connectivity index (χ3v) is 6.28. The molecule has 3 aromatic rings. The smallest absolute Gasteiger partial charge is 0.243 e. The first kappa shape index (κ1) is 24.1. The molecule has 0 saturated heterocycles. The molecule has 10 heteroatoms. The van der Waals surface area contributed by atoms with Crippen LogP contribution in [-0.2, 0) is 26.2 Å². The summed E-state index contributed by atoms with van der Waals surface area (Å²) in [6.45, 7) is 1.10. The Labute approximate surface area is 191 Å². The maximum absolute atomic E-state index is 14.6. The van der Waals surface area contributed by atoms with Crippen molar-refractivity contribution in [3.8, 4) is 0 Å². The zero-order chi connectivity index (χ0) is 23.8. The van der Waals surface area contributed by atoms with Crippen LogP contribution in [-0.4, -0.2) is 32.8 Å². The molecule has 2 amide bonds. The molecule has 0 bridgehead atoms. The first-order chi connectivity index (χ1) is 15.8. The van der Waals surface area contributed by atoms with Crippen LogP contribution >= 0.6 is 0 Å². The summed E-state index contributed by atoms with van der Waals surface area (Å²) < 4.78 is 47.1. The molecule has 2 aromatic carbocycles. The minimum atomic E-state index is -3.98. The van der Waals surface area contributed by atoms with Crippen molar-refractivity contribution < 1.29 is 26.8 Å². The summed E-state index contributed by atoms with van der Waals surface area (Å²) in [4.78, 5) is 27.0. The van der Waals surface area contributed by atoms with Crippen molar-refractivity contribution in [3.63, 3.8) is 0 Å². The number of carbonyl (C=O) groups excluding carboxylic acids is 2. The van der Waals surface area contributed by atoms with Crippen LogP contribution in [0.1, 0.15) is 19.1 Å². The van der Waals surface area contributed by atoms with Crippen molar-refractivity contribution in [3.05, 3.63) is 84.6 Å². The van der Waals surface area contributed by atoms with Crippen LogP contribution in [0.5, 0.6) is 0 Å². The van der Waals surface area contributed by atoms with E-state index in [0.717, 1.165) is 11.0 Å². The molecule has 1 unspecified atom stereocenters. The maximum atomic E-state index is 14.6. The fraction of sp³-hybridized carbons (Fsp3) is 0.217. The largest absolute Gasteiger partial charge is 0.467 e. The standard InChI is InChI=1S/C23H24FN3O5S/c1-2-20(23(29)25-15-17-9-8-14-32-17)27(21-13-7-6-12-19(21)24)22(28)16-26-33(30,31)18-10-4-3-5-11-18/h3-14,20,26H,2,15-16H2,1H3,(H,25,29). The molecule has 1 heterocycles. The van der Waals surface area contributed by atoms with Gasteiger partial charge in [-0.15, -0.1) is 0 Å². The molecule has 0 aliphatic heterocycles. The van der Waals surface area contributed by atoms with Crippen molar-refractivity contribution in [2.45, 2.75) is 30.8 Å². The Kier molecular flexibility index (Phi) is 7.96. The molecule has 0 radical (unpaired) electrons. The SMILES string of the molecule is CCC(C(=O)NCc1ccco1)N(C(=O)CNS(=O)(=O)c1ccccc1)c1ccccc1F. The number of hydrogen-bond acceptors (Lipinski definition) is 5. The van der Waals surface area contributed by atoms with E-state index in [2.05, 4.69) is 10.0 Å². The topological polar surface area (TPSA) is 109 Å². The molecule has 8 nitrogen and oxygen atoms in total. The van der Waals surface area contributed by atoms with E-state index in [1.807, 2.05) is 0 Å². The molecule has 0 fully saturated rings. The van der Waals surface area contributed by atoms with E-state index in [9.17, 15) is 22.4 Å². The zero-order valence-electron chi connectivity index (χ0n) is 17.9. The van der Waals surface area contributed by atoms with Gasteiger partial charge < -0.3 is 9.73 Å². The van der Waals surface area contributed by atoms with Crippen LogP contribution in [0.3, 0.4) is 0 Å². The van der Waals surface area contributed by atoms with Gasteiger partial charge in [-0.05, 0) is 42.8 Å². The Morgan fingerprint density at radius 2 is 1.73 bits per heavy atom. The predicted octanol–water partition coefficient (Wildman–Crippen LogP) is 2.83. The van der Waals surface area contributed by atoms with E-state index in [0.29, 0.717) is 5.76 Å². The summed E-state index contributed by atoms with van der Waals surface area (Å²) in [6.07, 6.45) is 1.63. The Morgan fingerprint density at radius 1 is 1.03 bits per heavy atom. The van der Waals surface area contributed by atoms with Gasteiger partial charge in [0.25, 0.3) is 0 Å². The number of anilines is 1. The predicted molar refractivity (Wildman–Crippen MR) is 120 cm³/mol. The van der Waals surface area contributed by atoms with Crippen LogP contribution in [0.2, 0.25) is 0 Å². The quantitative estimate of drug-likeness (QED) is 0.471. The number of carbonyl (C=O) groups is 2. The molecular formula is C23H24FN3O5S. The minimum absolute atomic E-state index is 0.0153. The summed E-state index contributed by atoms with van der Waals surface area (Å²) in [5.41, 5.74) is -0.124. The summed E-state index contributed by atoms with van der Waals surface area (Å²) in [7, 11) is -3.98. The number of furan rings is 1. The number of halogens is 1. The third kappa shape index (κ3) is 6.05. The number of amides is 2.